The number of aryl methyl sites for hydroxylation is 1. The molecule has 1 aliphatic rings. The van der Waals surface area contributed by atoms with Gasteiger partial charge in [0.15, 0.2) is 0 Å². The summed E-state index contributed by atoms with van der Waals surface area (Å²) in [5, 5.41) is 0. The molecule has 1 aromatic rings. The lowest BCUT2D eigenvalue weighted by Crippen LogP contribution is -2.40. The van der Waals surface area contributed by atoms with Crippen molar-refractivity contribution in [1.82, 2.24) is 14.0 Å². The molecule has 0 bridgehead atoms. The Balaban J connectivity index is 2.20. The normalized spacial score (nSPS) is 16.0. The fraction of sp³-hybridized carbons (Fsp3) is 0.588. The molecular weight excluding hydrogens is 294 g/mol. The number of nitrogens with zero attached hydrogens (tertiary/aromatic N) is 3. The Hall–Kier alpha value is -2.11. The summed E-state index contributed by atoms with van der Waals surface area (Å²) in [5.74, 6) is -0.0738. The zero-order chi connectivity index (χ0) is 17.0. The van der Waals surface area contributed by atoms with Crippen LogP contribution >= 0.6 is 0 Å². The molecule has 23 heavy (non-hydrogen) atoms. The molecule has 0 spiro atoms. The molecule has 0 atom stereocenters. The van der Waals surface area contributed by atoms with E-state index in [1.807, 2.05) is 11.8 Å². The summed E-state index contributed by atoms with van der Waals surface area (Å²) in [5.41, 5.74) is -0.434. The first-order chi connectivity index (χ1) is 11.0. The molecule has 1 aromatic heterocycles. The molecule has 1 aliphatic carbocycles. The Labute approximate surface area is 136 Å². The van der Waals surface area contributed by atoms with Crippen molar-refractivity contribution >= 4 is 12.0 Å². The molecule has 0 unspecified atom stereocenters. The van der Waals surface area contributed by atoms with E-state index in [9.17, 15) is 14.4 Å². The van der Waals surface area contributed by atoms with Crippen molar-refractivity contribution in [1.29, 1.82) is 0 Å². The summed E-state index contributed by atoms with van der Waals surface area (Å²) in [7, 11) is 3.02. The van der Waals surface area contributed by atoms with Gasteiger partial charge in [-0.2, -0.15) is 0 Å². The van der Waals surface area contributed by atoms with Crippen LogP contribution in [0.15, 0.2) is 21.9 Å². The predicted octanol–water partition coefficient (Wildman–Crippen LogP) is 1.28. The van der Waals surface area contributed by atoms with E-state index in [-0.39, 0.29) is 11.6 Å². The van der Waals surface area contributed by atoms with Crippen molar-refractivity contribution < 1.29 is 4.79 Å². The van der Waals surface area contributed by atoms with Gasteiger partial charge in [0.2, 0.25) is 5.91 Å². The Morgan fingerprint density at radius 2 is 1.91 bits per heavy atom. The fourth-order valence-corrected chi connectivity index (χ4v) is 3.19. The van der Waals surface area contributed by atoms with Crippen LogP contribution in [0.4, 0.5) is 0 Å². The Bertz CT molecular complexity index is 709. The second-order valence-corrected chi connectivity index (χ2v) is 6.09. The summed E-state index contributed by atoms with van der Waals surface area (Å²) in [4.78, 5) is 38.1. The van der Waals surface area contributed by atoms with Crippen molar-refractivity contribution in [2.45, 2.75) is 45.1 Å². The third-order valence-electron chi connectivity index (χ3n) is 4.52. The van der Waals surface area contributed by atoms with Crippen LogP contribution in [0.2, 0.25) is 0 Å². The second kappa shape index (κ2) is 7.44. The molecular formula is C17H25N3O3. The highest BCUT2D eigenvalue weighted by atomic mass is 16.2. The highest BCUT2D eigenvalue weighted by molar-refractivity contribution is 5.91. The van der Waals surface area contributed by atoms with E-state index in [2.05, 4.69) is 0 Å². The van der Waals surface area contributed by atoms with Gasteiger partial charge < -0.3 is 9.47 Å². The van der Waals surface area contributed by atoms with Crippen LogP contribution in [0.3, 0.4) is 0 Å². The summed E-state index contributed by atoms with van der Waals surface area (Å²) in [6, 6.07) is 0.300. The van der Waals surface area contributed by atoms with Crippen LogP contribution in [0.1, 0.15) is 44.6 Å². The van der Waals surface area contributed by atoms with E-state index in [4.69, 9.17) is 0 Å². The van der Waals surface area contributed by atoms with Crippen molar-refractivity contribution in [2.24, 2.45) is 14.1 Å². The minimum Gasteiger partial charge on any atom is -0.336 e. The summed E-state index contributed by atoms with van der Waals surface area (Å²) in [6.07, 6.45) is 10.1. The van der Waals surface area contributed by atoms with Gasteiger partial charge in [-0.25, -0.2) is 4.79 Å². The number of carbonyl (C=O) groups is 1. The van der Waals surface area contributed by atoms with Gasteiger partial charge in [0.25, 0.3) is 5.56 Å². The maximum atomic E-state index is 12.5. The predicted molar refractivity (Wildman–Crippen MR) is 90.2 cm³/mol. The highest BCUT2D eigenvalue weighted by Crippen LogP contribution is 2.22. The van der Waals surface area contributed by atoms with Gasteiger partial charge >= 0.3 is 5.69 Å². The first kappa shape index (κ1) is 17.2. The number of hydrogen-bond donors (Lipinski definition) is 0. The standard InChI is InChI=1S/C17H25N3O3/c1-4-20(14-8-6-5-7-9-14)15(21)11-10-13-12-18(2)17(23)19(3)16(13)22/h10-12,14H,4-9H2,1-3H3/b11-10+. The molecule has 0 aliphatic heterocycles. The van der Waals surface area contributed by atoms with Crippen molar-refractivity contribution in [3.05, 3.63) is 38.7 Å². The quantitative estimate of drug-likeness (QED) is 0.785. The van der Waals surface area contributed by atoms with Crippen LogP contribution in [-0.4, -0.2) is 32.5 Å². The number of carbonyl (C=O) groups excluding carboxylic acids is 1. The Morgan fingerprint density at radius 1 is 1.26 bits per heavy atom. The molecule has 6 heteroatoms. The molecule has 0 saturated heterocycles. The van der Waals surface area contributed by atoms with E-state index in [0.717, 1.165) is 17.4 Å². The molecule has 1 heterocycles. The van der Waals surface area contributed by atoms with E-state index < -0.39 is 5.56 Å². The van der Waals surface area contributed by atoms with Gasteiger partial charge in [0.05, 0.1) is 5.56 Å². The van der Waals surface area contributed by atoms with Crippen LogP contribution in [-0.2, 0) is 18.9 Å². The van der Waals surface area contributed by atoms with Crippen LogP contribution in [0.25, 0.3) is 6.08 Å². The van der Waals surface area contributed by atoms with Gasteiger partial charge in [0, 0.05) is 39.0 Å². The maximum absolute atomic E-state index is 12.5. The lowest BCUT2D eigenvalue weighted by atomic mass is 9.94. The van der Waals surface area contributed by atoms with Gasteiger partial charge in [-0.1, -0.05) is 19.3 Å². The molecule has 1 saturated carbocycles. The number of likely N-dealkylation sites (N-methyl/N-ethyl adjacent to an activating group) is 1. The monoisotopic (exact) mass is 319 g/mol. The van der Waals surface area contributed by atoms with E-state index in [1.54, 1.807) is 7.05 Å². The zero-order valence-corrected chi connectivity index (χ0v) is 14.1. The SMILES string of the molecule is CCN(C(=O)/C=C/c1cn(C)c(=O)n(C)c1=O)C1CCCCC1. The van der Waals surface area contributed by atoms with E-state index in [1.165, 1.54) is 49.2 Å². The summed E-state index contributed by atoms with van der Waals surface area (Å²) in [6.45, 7) is 2.64. The minimum atomic E-state index is -0.391. The van der Waals surface area contributed by atoms with Crippen molar-refractivity contribution in [3.8, 4) is 0 Å². The third-order valence-corrected chi connectivity index (χ3v) is 4.52. The lowest BCUT2D eigenvalue weighted by molar-refractivity contribution is -0.128. The van der Waals surface area contributed by atoms with Gasteiger partial charge in [0.1, 0.15) is 0 Å². The fourth-order valence-electron chi connectivity index (χ4n) is 3.19. The van der Waals surface area contributed by atoms with Crippen LogP contribution in [0, 0.1) is 0 Å². The minimum absolute atomic E-state index is 0.0738. The number of hydrogen-bond acceptors (Lipinski definition) is 3. The lowest BCUT2D eigenvalue weighted by Gasteiger charge is -2.32. The summed E-state index contributed by atoms with van der Waals surface area (Å²) >= 11 is 0. The highest BCUT2D eigenvalue weighted by Gasteiger charge is 2.22. The topological polar surface area (TPSA) is 64.3 Å². The van der Waals surface area contributed by atoms with E-state index >= 15 is 0 Å². The molecule has 1 amide bonds. The average Bonchev–Trinajstić information content (AvgIpc) is 2.56. The van der Waals surface area contributed by atoms with Gasteiger partial charge in [-0.3, -0.25) is 14.2 Å². The molecule has 126 valence electrons. The number of amides is 1. The molecule has 1 fully saturated rings. The van der Waals surface area contributed by atoms with Gasteiger partial charge in [-0.15, -0.1) is 0 Å². The van der Waals surface area contributed by atoms with Crippen LogP contribution in [0.5, 0.6) is 0 Å². The van der Waals surface area contributed by atoms with Crippen molar-refractivity contribution in [3.63, 3.8) is 0 Å². The number of rotatable bonds is 4. The maximum Gasteiger partial charge on any atom is 0.330 e. The number of aromatic nitrogens is 2. The van der Waals surface area contributed by atoms with Crippen LogP contribution < -0.4 is 11.2 Å². The van der Waals surface area contributed by atoms with Gasteiger partial charge in [-0.05, 0) is 25.8 Å². The first-order valence-electron chi connectivity index (χ1n) is 8.21. The largest absolute Gasteiger partial charge is 0.336 e. The molecule has 0 N–H and O–H groups in total. The molecule has 2 rings (SSSR count). The summed E-state index contributed by atoms with van der Waals surface area (Å²) < 4.78 is 2.38. The molecule has 6 nitrogen and oxygen atoms in total. The zero-order valence-electron chi connectivity index (χ0n) is 14.1. The first-order valence-corrected chi connectivity index (χ1v) is 8.21. The van der Waals surface area contributed by atoms with E-state index in [0.29, 0.717) is 18.2 Å². The Morgan fingerprint density at radius 3 is 2.52 bits per heavy atom. The molecule has 0 radical (unpaired) electrons. The third kappa shape index (κ3) is 3.81. The van der Waals surface area contributed by atoms with Crippen molar-refractivity contribution in [2.75, 3.05) is 6.54 Å². The second-order valence-electron chi connectivity index (χ2n) is 6.09. The Kier molecular flexibility index (Phi) is 5.58. The molecule has 0 aromatic carbocycles. The smallest absolute Gasteiger partial charge is 0.330 e. The average molecular weight is 319 g/mol.